The number of aliphatic hydroxyl groups excluding tert-OH is 1. The maximum absolute atomic E-state index is 12.7. The fraction of sp³-hybridized carbons (Fsp3) is 0.571. The largest absolute Gasteiger partial charge is 0.495 e. The summed E-state index contributed by atoms with van der Waals surface area (Å²) in [6.07, 6.45) is 0.850. The van der Waals surface area contributed by atoms with E-state index in [4.69, 9.17) is 9.84 Å². The molecule has 0 radical (unpaired) electrons. The van der Waals surface area contributed by atoms with Crippen LogP contribution in [0.2, 0.25) is 0 Å². The number of nitrogens with zero attached hydrogens (tertiary/aromatic N) is 1. The molecule has 0 bridgehead atoms. The first-order valence-corrected chi connectivity index (χ1v) is 8.02. The van der Waals surface area contributed by atoms with Gasteiger partial charge in [0.05, 0.1) is 13.7 Å². The van der Waals surface area contributed by atoms with Crippen LogP contribution in [0.3, 0.4) is 0 Å². The minimum Gasteiger partial charge on any atom is -0.495 e. The van der Waals surface area contributed by atoms with Gasteiger partial charge in [-0.2, -0.15) is 4.31 Å². The molecule has 1 aliphatic heterocycles. The van der Waals surface area contributed by atoms with Gasteiger partial charge in [0.25, 0.3) is 0 Å². The molecule has 0 atom stereocenters. The first kappa shape index (κ1) is 15.3. The molecule has 0 saturated carbocycles. The second-order valence-corrected chi connectivity index (χ2v) is 7.80. The molecule has 1 fully saturated rings. The Morgan fingerprint density at radius 3 is 2.60 bits per heavy atom. The topological polar surface area (TPSA) is 66.8 Å². The summed E-state index contributed by atoms with van der Waals surface area (Å²) in [5.74, 6) is 0.279. The van der Waals surface area contributed by atoms with Crippen molar-refractivity contribution in [2.45, 2.75) is 31.8 Å². The number of rotatable bonds is 4. The first-order valence-electron chi connectivity index (χ1n) is 6.58. The van der Waals surface area contributed by atoms with E-state index >= 15 is 0 Å². The highest BCUT2D eigenvalue weighted by molar-refractivity contribution is 7.89. The van der Waals surface area contributed by atoms with Gasteiger partial charge in [0.1, 0.15) is 10.6 Å². The highest BCUT2D eigenvalue weighted by Crippen LogP contribution is 2.35. The molecule has 6 heteroatoms. The van der Waals surface area contributed by atoms with Crippen molar-refractivity contribution in [2.24, 2.45) is 5.41 Å². The van der Waals surface area contributed by atoms with Gasteiger partial charge >= 0.3 is 0 Å². The van der Waals surface area contributed by atoms with Gasteiger partial charge in [-0.05, 0) is 29.5 Å². The molecule has 112 valence electrons. The molecule has 1 N–H and O–H groups in total. The number of hydrogen-bond acceptors (Lipinski definition) is 4. The van der Waals surface area contributed by atoms with Crippen LogP contribution in [-0.2, 0) is 16.6 Å². The molecule has 1 aromatic rings. The quantitative estimate of drug-likeness (QED) is 0.917. The lowest BCUT2D eigenvalue weighted by molar-refractivity contribution is 0.280. The summed E-state index contributed by atoms with van der Waals surface area (Å²) in [7, 11) is -2.12. The summed E-state index contributed by atoms with van der Waals surface area (Å²) in [6.45, 7) is 5.02. The molecule has 0 aliphatic carbocycles. The zero-order valence-corrected chi connectivity index (χ0v) is 12.9. The van der Waals surface area contributed by atoms with Gasteiger partial charge in [-0.1, -0.05) is 19.9 Å². The third-order valence-electron chi connectivity index (χ3n) is 3.67. The van der Waals surface area contributed by atoms with Crippen LogP contribution in [0.1, 0.15) is 25.8 Å². The summed E-state index contributed by atoms with van der Waals surface area (Å²) in [4.78, 5) is 0.162. The molecule has 2 rings (SSSR count). The van der Waals surface area contributed by atoms with E-state index in [1.165, 1.54) is 17.5 Å². The zero-order valence-electron chi connectivity index (χ0n) is 12.1. The van der Waals surface area contributed by atoms with Crippen molar-refractivity contribution < 1.29 is 18.3 Å². The average molecular weight is 299 g/mol. The predicted octanol–water partition coefficient (Wildman–Crippen LogP) is 1.61. The van der Waals surface area contributed by atoms with E-state index in [1.807, 2.05) is 0 Å². The van der Waals surface area contributed by atoms with Crippen LogP contribution in [0.5, 0.6) is 5.75 Å². The second-order valence-electron chi connectivity index (χ2n) is 5.90. The van der Waals surface area contributed by atoms with Crippen molar-refractivity contribution in [3.05, 3.63) is 23.8 Å². The van der Waals surface area contributed by atoms with Gasteiger partial charge in [0, 0.05) is 13.1 Å². The van der Waals surface area contributed by atoms with Gasteiger partial charge < -0.3 is 9.84 Å². The van der Waals surface area contributed by atoms with Crippen molar-refractivity contribution in [2.75, 3.05) is 20.2 Å². The van der Waals surface area contributed by atoms with E-state index in [0.29, 0.717) is 18.7 Å². The van der Waals surface area contributed by atoms with Crippen LogP contribution in [0.4, 0.5) is 0 Å². The Kier molecular flexibility index (Phi) is 4.09. The van der Waals surface area contributed by atoms with Crippen LogP contribution in [0.15, 0.2) is 23.1 Å². The van der Waals surface area contributed by atoms with E-state index in [1.54, 1.807) is 12.1 Å². The highest BCUT2D eigenvalue weighted by Gasteiger charge is 2.38. The summed E-state index contributed by atoms with van der Waals surface area (Å²) in [6, 6.07) is 4.68. The Morgan fingerprint density at radius 2 is 2.10 bits per heavy atom. The van der Waals surface area contributed by atoms with E-state index in [0.717, 1.165) is 6.42 Å². The lowest BCUT2D eigenvalue weighted by Crippen LogP contribution is -2.30. The Labute approximate surface area is 120 Å². The van der Waals surface area contributed by atoms with Crippen LogP contribution in [-0.4, -0.2) is 38.0 Å². The number of hydrogen-bond donors (Lipinski definition) is 1. The fourth-order valence-corrected chi connectivity index (χ4v) is 4.20. The molecule has 1 saturated heterocycles. The summed E-state index contributed by atoms with van der Waals surface area (Å²) in [5, 5.41) is 9.12. The predicted molar refractivity (Wildman–Crippen MR) is 76.1 cm³/mol. The average Bonchev–Trinajstić information content (AvgIpc) is 2.79. The summed E-state index contributed by atoms with van der Waals surface area (Å²) < 4.78 is 32.0. The lowest BCUT2D eigenvalue weighted by Gasteiger charge is -2.21. The Balaban J connectivity index is 2.40. The minimum absolute atomic E-state index is 0.00530. The van der Waals surface area contributed by atoms with Crippen molar-refractivity contribution in [3.8, 4) is 5.75 Å². The molecule has 0 unspecified atom stereocenters. The maximum Gasteiger partial charge on any atom is 0.246 e. The number of benzene rings is 1. The van der Waals surface area contributed by atoms with E-state index in [2.05, 4.69) is 13.8 Å². The summed E-state index contributed by atoms with van der Waals surface area (Å²) in [5.41, 5.74) is 0.633. The molecule has 1 aromatic carbocycles. The van der Waals surface area contributed by atoms with Crippen LogP contribution < -0.4 is 4.74 Å². The minimum atomic E-state index is -3.55. The van der Waals surface area contributed by atoms with Crippen molar-refractivity contribution in [1.29, 1.82) is 0 Å². The van der Waals surface area contributed by atoms with E-state index in [-0.39, 0.29) is 22.7 Å². The molecule has 5 nitrogen and oxygen atoms in total. The molecule has 0 spiro atoms. The standard InChI is InChI=1S/C14H21NO4S/c1-14(2)6-7-15(10-14)20(17,18)13-5-4-11(9-16)8-12(13)19-3/h4-5,8,16H,6-7,9-10H2,1-3H3. The van der Waals surface area contributed by atoms with Gasteiger partial charge in [-0.25, -0.2) is 8.42 Å². The molecular weight excluding hydrogens is 278 g/mol. The number of methoxy groups -OCH3 is 1. The van der Waals surface area contributed by atoms with Crippen molar-refractivity contribution in [3.63, 3.8) is 0 Å². The van der Waals surface area contributed by atoms with Gasteiger partial charge in [-0.3, -0.25) is 0 Å². The number of ether oxygens (including phenoxy) is 1. The molecule has 0 aromatic heterocycles. The summed E-state index contributed by atoms with van der Waals surface area (Å²) >= 11 is 0. The molecule has 1 aliphatic rings. The van der Waals surface area contributed by atoms with Gasteiger partial charge in [0.2, 0.25) is 10.0 Å². The van der Waals surface area contributed by atoms with Gasteiger partial charge in [0.15, 0.2) is 0 Å². The SMILES string of the molecule is COc1cc(CO)ccc1S(=O)(=O)N1CCC(C)(C)C1. The zero-order chi connectivity index (χ0) is 15.0. The molecular formula is C14H21NO4S. The first-order chi connectivity index (χ1) is 9.30. The Bertz CT molecular complexity index is 595. The fourth-order valence-electron chi connectivity index (χ4n) is 2.43. The molecule has 1 heterocycles. The third kappa shape index (κ3) is 2.82. The van der Waals surface area contributed by atoms with Crippen LogP contribution in [0, 0.1) is 5.41 Å². The smallest absolute Gasteiger partial charge is 0.246 e. The number of aliphatic hydroxyl groups is 1. The van der Waals surface area contributed by atoms with Crippen molar-refractivity contribution >= 4 is 10.0 Å². The number of sulfonamides is 1. The maximum atomic E-state index is 12.7. The normalized spacial score (nSPS) is 19.2. The monoisotopic (exact) mass is 299 g/mol. The lowest BCUT2D eigenvalue weighted by atomic mass is 9.93. The molecule has 0 amide bonds. The van der Waals surface area contributed by atoms with Crippen molar-refractivity contribution in [1.82, 2.24) is 4.31 Å². The Morgan fingerprint density at radius 1 is 1.40 bits per heavy atom. The third-order valence-corrected chi connectivity index (χ3v) is 5.56. The van der Waals surface area contributed by atoms with E-state index in [9.17, 15) is 8.42 Å². The second kappa shape index (κ2) is 5.35. The van der Waals surface area contributed by atoms with Crippen LogP contribution in [0.25, 0.3) is 0 Å². The highest BCUT2D eigenvalue weighted by atomic mass is 32.2. The molecule has 20 heavy (non-hydrogen) atoms. The van der Waals surface area contributed by atoms with Gasteiger partial charge in [-0.15, -0.1) is 0 Å². The van der Waals surface area contributed by atoms with E-state index < -0.39 is 10.0 Å². The Hall–Kier alpha value is -1.11. The van der Waals surface area contributed by atoms with Crippen LogP contribution >= 0.6 is 0 Å².